The number of fused-ring (bicyclic) bond motifs is 1. The van der Waals surface area contributed by atoms with Crippen molar-refractivity contribution in [3.63, 3.8) is 0 Å². The van der Waals surface area contributed by atoms with Crippen LogP contribution in [0.15, 0.2) is 53.7 Å². The Hall–Kier alpha value is -2.81. The number of nitrogens with zero attached hydrogens (tertiary/aromatic N) is 5. The summed E-state index contributed by atoms with van der Waals surface area (Å²) in [4.78, 5) is 4.36. The van der Waals surface area contributed by atoms with Crippen molar-refractivity contribution >= 4 is 22.8 Å². The van der Waals surface area contributed by atoms with Gasteiger partial charge < -0.3 is 4.57 Å². The van der Waals surface area contributed by atoms with E-state index in [4.69, 9.17) is 0 Å². The largest absolute Gasteiger partial charge is 0.320 e. The topological polar surface area (TPSA) is 48.5 Å². The molecule has 2 aromatic heterocycles. The third-order valence-corrected chi connectivity index (χ3v) is 5.54. The van der Waals surface area contributed by atoms with Crippen LogP contribution in [0.2, 0.25) is 0 Å². The quantitative estimate of drug-likeness (QED) is 0.348. The summed E-state index contributed by atoms with van der Waals surface area (Å²) >= 11 is 1.26. The standard InChI is InChI=1S/C21H20F3N5S/c1-13(2)11-28-19(14-7-3-4-8-15(14)22)26-27-21(28)30-12-18-25-16-9-5-6-10-17(16)29(18)20(23)24/h3-10,13,20H,11-12H2,1-2H3. The number of alkyl halides is 2. The maximum Gasteiger partial charge on any atom is 0.320 e. The second-order valence-corrected chi connectivity index (χ2v) is 8.19. The first-order chi connectivity index (χ1) is 14.5. The SMILES string of the molecule is CC(C)Cn1c(SCc2nc3ccccc3n2C(F)F)nnc1-c1ccccc1F. The van der Waals surface area contributed by atoms with Gasteiger partial charge in [0.2, 0.25) is 0 Å². The van der Waals surface area contributed by atoms with Crippen LogP contribution in [0, 0.1) is 11.7 Å². The van der Waals surface area contributed by atoms with E-state index in [0.717, 1.165) is 4.57 Å². The number of thioether (sulfide) groups is 1. The van der Waals surface area contributed by atoms with Gasteiger partial charge in [-0.25, -0.2) is 9.37 Å². The molecule has 2 aromatic carbocycles. The monoisotopic (exact) mass is 431 g/mol. The van der Waals surface area contributed by atoms with Crippen LogP contribution in [-0.2, 0) is 12.3 Å². The zero-order valence-electron chi connectivity index (χ0n) is 16.5. The first kappa shape index (κ1) is 20.5. The highest BCUT2D eigenvalue weighted by Gasteiger charge is 2.21. The highest BCUT2D eigenvalue weighted by Crippen LogP contribution is 2.31. The third kappa shape index (κ3) is 3.94. The molecule has 0 amide bonds. The van der Waals surface area contributed by atoms with Gasteiger partial charge in [-0.15, -0.1) is 10.2 Å². The Balaban J connectivity index is 1.68. The van der Waals surface area contributed by atoms with Crippen LogP contribution >= 0.6 is 11.8 Å². The number of hydrogen-bond acceptors (Lipinski definition) is 4. The molecule has 0 radical (unpaired) electrons. The Labute approximate surface area is 176 Å². The predicted molar refractivity (Wildman–Crippen MR) is 111 cm³/mol. The van der Waals surface area contributed by atoms with Crippen molar-refractivity contribution < 1.29 is 13.2 Å². The minimum atomic E-state index is -2.70. The Morgan fingerprint density at radius 1 is 1.00 bits per heavy atom. The van der Waals surface area contributed by atoms with Gasteiger partial charge in [-0.2, -0.15) is 8.78 Å². The first-order valence-corrected chi connectivity index (χ1v) is 10.5. The first-order valence-electron chi connectivity index (χ1n) is 9.50. The highest BCUT2D eigenvalue weighted by molar-refractivity contribution is 7.98. The van der Waals surface area contributed by atoms with Crippen molar-refractivity contribution in [2.45, 2.75) is 37.9 Å². The van der Waals surface area contributed by atoms with Gasteiger partial charge >= 0.3 is 6.55 Å². The van der Waals surface area contributed by atoms with Crippen molar-refractivity contribution in [1.82, 2.24) is 24.3 Å². The van der Waals surface area contributed by atoms with Gasteiger partial charge in [-0.05, 0) is 30.2 Å². The van der Waals surface area contributed by atoms with Crippen LogP contribution in [-0.4, -0.2) is 24.3 Å². The Bertz CT molecular complexity index is 1170. The van der Waals surface area contributed by atoms with Gasteiger partial charge in [0.15, 0.2) is 11.0 Å². The summed E-state index contributed by atoms with van der Waals surface area (Å²) in [6, 6.07) is 13.2. The van der Waals surface area contributed by atoms with Gasteiger partial charge in [-0.3, -0.25) is 4.57 Å². The number of imidazole rings is 1. The van der Waals surface area contributed by atoms with E-state index in [1.54, 1.807) is 42.5 Å². The van der Waals surface area contributed by atoms with Crippen LogP contribution in [0.5, 0.6) is 0 Å². The second-order valence-electron chi connectivity index (χ2n) is 7.24. The molecule has 9 heteroatoms. The second kappa shape index (κ2) is 8.51. The number of rotatable bonds is 7. The van der Waals surface area contributed by atoms with Gasteiger partial charge in [-0.1, -0.05) is 49.9 Å². The maximum absolute atomic E-state index is 14.3. The molecule has 0 aliphatic carbocycles. The number of halogens is 3. The minimum absolute atomic E-state index is 0.187. The molecule has 0 bridgehead atoms. The molecule has 0 saturated carbocycles. The van der Waals surface area contributed by atoms with Crippen molar-refractivity contribution in [3.05, 3.63) is 60.2 Å². The van der Waals surface area contributed by atoms with Crippen molar-refractivity contribution in [2.24, 2.45) is 5.92 Å². The molecular weight excluding hydrogens is 411 g/mol. The molecule has 2 heterocycles. The molecule has 5 nitrogen and oxygen atoms in total. The van der Waals surface area contributed by atoms with Gasteiger partial charge in [0.1, 0.15) is 11.6 Å². The van der Waals surface area contributed by atoms with E-state index in [9.17, 15) is 13.2 Å². The van der Waals surface area contributed by atoms with E-state index in [-0.39, 0.29) is 23.3 Å². The third-order valence-electron chi connectivity index (χ3n) is 4.57. The summed E-state index contributed by atoms with van der Waals surface area (Å²) < 4.78 is 44.5. The maximum atomic E-state index is 14.3. The van der Waals surface area contributed by atoms with Crippen molar-refractivity contribution in [1.29, 1.82) is 0 Å². The summed E-state index contributed by atoms with van der Waals surface area (Å²) in [6.07, 6.45) is 0. The number of hydrogen-bond donors (Lipinski definition) is 0. The fourth-order valence-electron chi connectivity index (χ4n) is 3.31. The molecule has 0 aliphatic heterocycles. The van der Waals surface area contributed by atoms with E-state index in [2.05, 4.69) is 15.2 Å². The highest BCUT2D eigenvalue weighted by atomic mass is 32.2. The molecule has 4 rings (SSSR count). The lowest BCUT2D eigenvalue weighted by Crippen LogP contribution is -2.09. The number of benzene rings is 2. The van der Waals surface area contributed by atoms with Crippen LogP contribution in [0.1, 0.15) is 26.2 Å². The zero-order chi connectivity index (χ0) is 21.3. The summed E-state index contributed by atoms with van der Waals surface area (Å²) in [5, 5.41) is 8.94. The Kier molecular flexibility index (Phi) is 5.80. The summed E-state index contributed by atoms with van der Waals surface area (Å²) in [5.74, 6) is 0.740. The normalized spacial score (nSPS) is 11.8. The molecule has 0 unspecified atom stereocenters. The molecule has 4 aromatic rings. The summed E-state index contributed by atoms with van der Waals surface area (Å²) in [7, 11) is 0. The molecule has 0 atom stereocenters. The summed E-state index contributed by atoms with van der Waals surface area (Å²) in [5.41, 5.74) is 1.26. The average molecular weight is 431 g/mol. The van der Waals surface area contributed by atoms with E-state index in [0.29, 0.717) is 34.1 Å². The lowest BCUT2D eigenvalue weighted by Gasteiger charge is -2.13. The molecule has 0 spiro atoms. The number of para-hydroxylation sites is 2. The molecular formula is C21H20F3N5S. The Morgan fingerprint density at radius 3 is 2.47 bits per heavy atom. The predicted octanol–water partition coefficient (Wildman–Crippen LogP) is 5.78. The van der Waals surface area contributed by atoms with E-state index in [1.807, 2.05) is 18.4 Å². The van der Waals surface area contributed by atoms with Crippen LogP contribution in [0.25, 0.3) is 22.4 Å². The fraction of sp³-hybridized carbons (Fsp3) is 0.286. The van der Waals surface area contributed by atoms with Crippen molar-refractivity contribution in [2.75, 3.05) is 0 Å². The molecule has 156 valence electrons. The van der Waals surface area contributed by atoms with Gasteiger partial charge in [0, 0.05) is 6.54 Å². The fourth-order valence-corrected chi connectivity index (χ4v) is 4.19. The smallest absolute Gasteiger partial charge is 0.302 e. The zero-order valence-corrected chi connectivity index (χ0v) is 17.3. The summed E-state index contributed by atoms with van der Waals surface area (Å²) in [6.45, 7) is 1.95. The van der Waals surface area contributed by atoms with Gasteiger partial charge in [0.05, 0.1) is 22.3 Å². The molecule has 0 fully saturated rings. The van der Waals surface area contributed by atoms with Crippen LogP contribution < -0.4 is 0 Å². The number of aromatic nitrogens is 5. The van der Waals surface area contributed by atoms with Gasteiger partial charge in [0.25, 0.3) is 0 Å². The minimum Gasteiger partial charge on any atom is -0.302 e. The average Bonchev–Trinajstić information content (AvgIpc) is 3.27. The molecule has 0 saturated heterocycles. The van der Waals surface area contributed by atoms with Crippen LogP contribution in [0.3, 0.4) is 0 Å². The molecule has 0 aliphatic rings. The lowest BCUT2D eigenvalue weighted by atomic mass is 10.2. The molecule has 0 N–H and O–H groups in total. The lowest BCUT2D eigenvalue weighted by molar-refractivity contribution is 0.0722. The van der Waals surface area contributed by atoms with E-state index >= 15 is 0 Å². The van der Waals surface area contributed by atoms with E-state index < -0.39 is 6.55 Å². The van der Waals surface area contributed by atoms with E-state index in [1.165, 1.54) is 17.8 Å². The Morgan fingerprint density at radius 2 is 1.73 bits per heavy atom. The van der Waals surface area contributed by atoms with Crippen molar-refractivity contribution in [3.8, 4) is 11.4 Å². The molecule has 30 heavy (non-hydrogen) atoms. The van der Waals surface area contributed by atoms with Crippen LogP contribution in [0.4, 0.5) is 13.2 Å².